The van der Waals surface area contributed by atoms with Crippen LogP contribution in [0.25, 0.3) is 10.9 Å². The second kappa shape index (κ2) is 6.39. The molecule has 0 aliphatic carbocycles. The summed E-state index contributed by atoms with van der Waals surface area (Å²) in [6, 6.07) is 6.34. The van der Waals surface area contributed by atoms with Crippen molar-refractivity contribution in [2.45, 2.75) is 32.7 Å². The first kappa shape index (κ1) is 15.0. The number of fused-ring (bicyclic) bond motifs is 1. The Bertz CT molecular complexity index is 646. The van der Waals surface area contributed by atoms with Crippen LogP contribution in [0.4, 0.5) is 0 Å². The number of aliphatic carboxylic acids is 1. The molecule has 0 radical (unpaired) electrons. The average Bonchev–Trinajstić information content (AvgIpc) is 2.91. The Morgan fingerprint density at radius 1 is 1.29 bits per heavy atom. The van der Waals surface area contributed by atoms with Gasteiger partial charge in [0.05, 0.1) is 5.52 Å². The molecule has 0 saturated carbocycles. The number of amides is 1. The van der Waals surface area contributed by atoms with Gasteiger partial charge in [-0.05, 0) is 12.0 Å². The molecule has 1 unspecified atom stereocenters. The van der Waals surface area contributed by atoms with Gasteiger partial charge >= 0.3 is 5.97 Å². The second-order valence-electron chi connectivity index (χ2n) is 4.98. The van der Waals surface area contributed by atoms with Gasteiger partial charge in [-0.1, -0.05) is 44.9 Å². The lowest BCUT2D eigenvalue weighted by atomic mass is 9.94. The van der Waals surface area contributed by atoms with E-state index in [0.29, 0.717) is 18.2 Å². The van der Waals surface area contributed by atoms with E-state index in [4.69, 9.17) is 0 Å². The van der Waals surface area contributed by atoms with Crippen LogP contribution in [0.5, 0.6) is 0 Å². The molecular formula is C15H19N3O3. The van der Waals surface area contributed by atoms with Gasteiger partial charge in [-0.3, -0.25) is 9.89 Å². The lowest BCUT2D eigenvalue weighted by molar-refractivity contribution is -0.140. The number of benzene rings is 1. The molecule has 1 atom stereocenters. The van der Waals surface area contributed by atoms with Crippen LogP contribution in [0.15, 0.2) is 24.3 Å². The molecule has 0 bridgehead atoms. The highest BCUT2D eigenvalue weighted by atomic mass is 16.4. The molecule has 1 amide bonds. The molecule has 6 nitrogen and oxygen atoms in total. The third-order valence-electron chi connectivity index (χ3n) is 3.76. The Morgan fingerprint density at radius 3 is 2.57 bits per heavy atom. The number of nitrogens with zero attached hydrogens (tertiary/aromatic N) is 1. The summed E-state index contributed by atoms with van der Waals surface area (Å²) in [6.45, 7) is 3.83. The van der Waals surface area contributed by atoms with E-state index in [9.17, 15) is 14.7 Å². The van der Waals surface area contributed by atoms with Crippen LogP contribution in [0, 0.1) is 5.92 Å². The van der Waals surface area contributed by atoms with E-state index >= 15 is 0 Å². The van der Waals surface area contributed by atoms with Crippen LogP contribution in [0.3, 0.4) is 0 Å². The largest absolute Gasteiger partial charge is 0.480 e. The molecular weight excluding hydrogens is 270 g/mol. The quantitative estimate of drug-likeness (QED) is 0.759. The monoisotopic (exact) mass is 289 g/mol. The zero-order chi connectivity index (χ0) is 15.4. The van der Waals surface area contributed by atoms with Crippen LogP contribution >= 0.6 is 0 Å². The van der Waals surface area contributed by atoms with E-state index < -0.39 is 17.9 Å². The van der Waals surface area contributed by atoms with Crippen molar-refractivity contribution in [3.8, 4) is 0 Å². The Labute approximate surface area is 122 Å². The fourth-order valence-corrected chi connectivity index (χ4v) is 2.49. The van der Waals surface area contributed by atoms with E-state index in [1.54, 1.807) is 6.07 Å². The molecule has 0 spiro atoms. The number of aromatic nitrogens is 2. The lowest BCUT2D eigenvalue weighted by Crippen LogP contribution is -2.45. The molecule has 6 heteroatoms. The molecule has 0 saturated heterocycles. The minimum atomic E-state index is -1.02. The average molecular weight is 289 g/mol. The molecule has 1 aromatic carbocycles. The number of nitrogens with one attached hydrogen (secondary N) is 2. The molecule has 1 heterocycles. The number of carboxylic acid groups (broad SMARTS) is 1. The predicted molar refractivity (Wildman–Crippen MR) is 79.1 cm³/mol. The first-order valence-electron chi connectivity index (χ1n) is 7.05. The van der Waals surface area contributed by atoms with Crippen LogP contribution < -0.4 is 5.32 Å². The molecule has 3 N–H and O–H groups in total. The van der Waals surface area contributed by atoms with Gasteiger partial charge in [0.15, 0.2) is 5.69 Å². The van der Waals surface area contributed by atoms with Crippen molar-refractivity contribution in [2.75, 3.05) is 0 Å². The maximum Gasteiger partial charge on any atom is 0.326 e. The summed E-state index contributed by atoms with van der Waals surface area (Å²) < 4.78 is 0. The fourth-order valence-electron chi connectivity index (χ4n) is 2.49. The SMILES string of the molecule is CCC(CC)C(NC(=O)c1n[nH]c2ccccc12)C(=O)O. The van der Waals surface area contributed by atoms with Crippen molar-refractivity contribution in [3.05, 3.63) is 30.0 Å². The highest BCUT2D eigenvalue weighted by molar-refractivity contribution is 6.05. The summed E-state index contributed by atoms with van der Waals surface area (Å²) in [7, 11) is 0. The van der Waals surface area contributed by atoms with Gasteiger partial charge in [0.2, 0.25) is 0 Å². The predicted octanol–water partition coefficient (Wildman–Crippen LogP) is 2.18. The standard InChI is InChI=1S/C15H19N3O3/c1-3-9(4-2)12(15(20)21)16-14(19)13-10-7-5-6-8-11(10)17-18-13/h5-9,12H,3-4H2,1-2H3,(H,16,19)(H,17,18)(H,20,21). The minimum Gasteiger partial charge on any atom is -0.480 e. The zero-order valence-electron chi connectivity index (χ0n) is 12.1. The summed E-state index contributed by atoms with van der Waals surface area (Å²) in [4.78, 5) is 23.7. The molecule has 2 rings (SSSR count). The number of hydrogen-bond acceptors (Lipinski definition) is 3. The summed E-state index contributed by atoms with van der Waals surface area (Å²) in [5.74, 6) is -1.58. The summed E-state index contributed by atoms with van der Waals surface area (Å²) in [5.41, 5.74) is 0.972. The van der Waals surface area contributed by atoms with Crippen LogP contribution in [0.1, 0.15) is 37.2 Å². The molecule has 0 aliphatic rings. The Kier molecular flexibility index (Phi) is 4.57. The number of hydrogen-bond donors (Lipinski definition) is 3. The first-order valence-corrected chi connectivity index (χ1v) is 7.05. The van der Waals surface area contributed by atoms with E-state index in [1.165, 1.54) is 0 Å². The van der Waals surface area contributed by atoms with Crippen molar-refractivity contribution in [1.82, 2.24) is 15.5 Å². The maximum absolute atomic E-state index is 12.3. The Balaban J connectivity index is 2.25. The van der Waals surface area contributed by atoms with Gasteiger partial charge in [0.25, 0.3) is 5.91 Å². The molecule has 0 aliphatic heterocycles. The van der Waals surface area contributed by atoms with E-state index in [1.807, 2.05) is 32.0 Å². The number of aromatic amines is 1. The lowest BCUT2D eigenvalue weighted by Gasteiger charge is -2.22. The van der Waals surface area contributed by atoms with Gasteiger partial charge in [-0.2, -0.15) is 5.10 Å². The Hall–Kier alpha value is -2.37. The van der Waals surface area contributed by atoms with E-state index in [0.717, 1.165) is 5.52 Å². The molecule has 21 heavy (non-hydrogen) atoms. The third kappa shape index (κ3) is 3.04. The van der Waals surface area contributed by atoms with Crippen molar-refractivity contribution in [2.24, 2.45) is 5.92 Å². The zero-order valence-corrected chi connectivity index (χ0v) is 12.1. The van der Waals surface area contributed by atoms with Crippen molar-refractivity contribution in [3.63, 3.8) is 0 Å². The molecule has 2 aromatic rings. The minimum absolute atomic E-state index is 0.100. The van der Waals surface area contributed by atoms with Crippen LogP contribution in [-0.4, -0.2) is 33.2 Å². The summed E-state index contributed by atoms with van der Waals surface area (Å²) in [5, 5.41) is 19.4. The maximum atomic E-state index is 12.3. The van der Waals surface area contributed by atoms with Gasteiger partial charge < -0.3 is 10.4 Å². The molecule has 1 aromatic heterocycles. The number of carbonyl (C=O) groups excluding carboxylic acids is 1. The second-order valence-corrected chi connectivity index (χ2v) is 4.98. The summed E-state index contributed by atoms with van der Waals surface area (Å²) >= 11 is 0. The van der Waals surface area contributed by atoms with E-state index in [-0.39, 0.29) is 11.6 Å². The Morgan fingerprint density at radius 2 is 1.95 bits per heavy atom. The smallest absolute Gasteiger partial charge is 0.326 e. The van der Waals surface area contributed by atoms with Crippen molar-refractivity contribution < 1.29 is 14.7 Å². The van der Waals surface area contributed by atoms with Gasteiger partial charge in [-0.25, -0.2) is 4.79 Å². The van der Waals surface area contributed by atoms with Crippen molar-refractivity contribution in [1.29, 1.82) is 0 Å². The number of H-pyrrole nitrogens is 1. The van der Waals surface area contributed by atoms with Gasteiger partial charge in [0, 0.05) is 5.39 Å². The number of carbonyl (C=O) groups is 2. The van der Waals surface area contributed by atoms with Crippen molar-refractivity contribution >= 4 is 22.8 Å². The molecule has 112 valence electrons. The highest BCUT2D eigenvalue weighted by Crippen LogP contribution is 2.17. The van der Waals surface area contributed by atoms with Crippen LogP contribution in [0.2, 0.25) is 0 Å². The normalized spacial score (nSPS) is 12.5. The molecule has 0 fully saturated rings. The van der Waals surface area contributed by atoms with Crippen LogP contribution in [-0.2, 0) is 4.79 Å². The van der Waals surface area contributed by atoms with Gasteiger partial charge in [0.1, 0.15) is 6.04 Å². The highest BCUT2D eigenvalue weighted by Gasteiger charge is 2.28. The number of rotatable bonds is 6. The fraction of sp³-hybridized carbons (Fsp3) is 0.400. The first-order chi connectivity index (χ1) is 10.1. The van der Waals surface area contributed by atoms with Gasteiger partial charge in [-0.15, -0.1) is 0 Å². The third-order valence-corrected chi connectivity index (χ3v) is 3.76. The van der Waals surface area contributed by atoms with E-state index in [2.05, 4.69) is 15.5 Å². The number of carboxylic acids is 1. The topological polar surface area (TPSA) is 95.1 Å². The summed E-state index contributed by atoms with van der Waals surface area (Å²) in [6.07, 6.45) is 1.38. The number of para-hydroxylation sites is 1.